The predicted molar refractivity (Wildman–Crippen MR) is 127 cm³/mol. The van der Waals surface area contributed by atoms with Crippen LogP contribution >= 0.6 is 0 Å². The third-order valence-electron chi connectivity index (χ3n) is 6.21. The van der Waals surface area contributed by atoms with Crippen molar-refractivity contribution in [3.05, 3.63) is 42.5 Å². The second-order valence-electron chi connectivity index (χ2n) is 7.28. The molecule has 4 rings (SSSR count). The van der Waals surface area contributed by atoms with Crippen molar-refractivity contribution in [2.24, 2.45) is 7.05 Å². The Bertz CT molecular complexity index is 1130. The molecule has 1 nitrogen and oxygen atoms in total. The van der Waals surface area contributed by atoms with E-state index in [1.54, 1.807) is 0 Å². The van der Waals surface area contributed by atoms with Gasteiger partial charge < -0.3 is 4.57 Å². The van der Waals surface area contributed by atoms with E-state index in [1.807, 2.05) is 0 Å². The summed E-state index contributed by atoms with van der Waals surface area (Å²) in [5, 5.41) is 2.71. The average Bonchev–Trinajstić information content (AvgIpc) is 2.92. The second-order valence-corrected chi connectivity index (χ2v) is 7.28. The topological polar surface area (TPSA) is 4.93 Å². The Hall–Kier alpha value is -2.22. The van der Waals surface area contributed by atoms with Gasteiger partial charge in [-0.2, -0.15) is 0 Å². The molecule has 6 heteroatoms. The van der Waals surface area contributed by atoms with Crippen molar-refractivity contribution in [3.8, 4) is 11.1 Å². The van der Waals surface area contributed by atoms with Crippen LogP contribution in [0.4, 0.5) is 0 Å². The third kappa shape index (κ3) is 2.16. The highest BCUT2D eigenvalue weighted by atomic mass is 14.9. The fraction of sp³-hybridized carbons (Fsp3) is 0.0526. The molecule has 3 aromatic carbocycles. The molecule has 0 fully saturated rings. The number of aromatic nitrogens is 1. The lowest BCUT2D eigenvalue weighted by molar-refractivity contribution is 1.01. The number of hydrogen-bond acceptors (Lipinski definition) is 0. The lowest BCUT2D eigenvalue weighted by Gasteiger charge is -2.21. The average molecular weight is 316 g/mol. The molecule has 0 unspecified atom stereocenters. The van der Waals surface area contributed by atoms with E-state index in [0.717, 1.165) is 0 Å². The number of hydrogen-bond donors (Lipinski definition) is 0. The molecule has 0 atom stereocenters. The van der Waals surface area contributed by atoms with E-state index in [9.17, 15) is 0 Å². The first-order chi connectivity index (χ1) is 11.9. The van der Waals surface area contributed by atoms with Gasteiger partial charge in [0.1, 0.15) is 39.2 Å². The summed E-state index contributed by atoms with van der Waals surface area (Å²) < 4.78 is 2.31. The fourth-order valence-corrected chi connectivity index (χ4v) is 4.32. The first-order valence-electron chi connectivity index (χ1n) is 8.97. The summed E-state index contributed by atoms with van der Waals surface area (Å²) in [6.07, 6.45) is 0. The monoisotopic (exact) mass is 317 g/mol. The maximum Gasteiger partial charge on any atom is 0.139 e. The molecular formula is C19H20B5N. The van der Waals surface area contributed by atoms with Crippen LogP contribution < -0.4 is 27.3 Å². The van der Waals surface area contributed by atoms with E-state index in [-0.39, 0.29) is 0 Å². The molecule has 116 valence electrons. The van der Waals surface area contributed by atoms with Crippen LogP contribution in [0, 0.1) is 0 Å². The molecule has 0 amide bonds. The van der Waals surface area contributed by atoms with E-state index in [0.29, 0.717) is 0 Å². The molecule has 1 heterocycles. The molecule has 0 bridgehead atoms. The molecule has 0 spiro atoms. The van der Waals surface area contributed by atoms with Crippen LogP contribution in [0.3, 0.4) is 0 Å². The Balaban J connectivity index is 2.23. The van der Waals surface area contributed by atoms with Crippen molar-refractivity contribution >= 4 is 88.4 Å². The number of benzene rings is 3. The predicted octanol–water partition coefficient (Wildman–Crippen LogP) is -3.71. The molecule has 0 aliphatic carbocycles. The standard InChI is InChI=1S/C19H20B5N/c1-25-11-7-3-2-5-9(11)13-10(6-4-8-12(13)25)14-15(20)17(22)19(24)18(23)16(14)21/h2-8H,20-24H2,1H3. The number of fused-ring (bicyclic) bond motifs is 3. The van der Waals surface area contributed by atoms with Crippen LogP contribution in [-0.2, 0) is 7.05 Å². The zero-order valence-corrected chi connectivity index (χ0v) is 16.0. The van der Waals surface area contributed by atoms with Crippen LogP contribution in [0.25, 0.3) is 32.9 Å². The van der Waals surface area contributed by atoms with Crippen LogP contribution in [0.1, 0.15) is 0 Å². The molecule has 25 heavy (non-hydrogen) atoms. The molecule has 0 aliphatic heterocycles. The highest BCUT2D eigenvalue weighted by Crippen LogP contribution is 2.34. The van der Waals surface area contributed by atoms with E-state index < -0.39 is 0 Å². The molecule has 0 aliphatic rings. The Labute approximate surface area is 153 Å². The minimum Gasteiger partial charge on any atom is -0.344 e. The van der Waals surface area contributed by atoms with Crippen molar-refractivity contribution in [3.63, 3.8) is 0 Å². The van der Waals surface area contributed by atoms with Gasteiger partial charge in [0.2, 0.25) is 0 Å². The molecule has 0 saturated carbocycles. The summed E-state index contributed by atoms with van der Waals surface area (Å²) in [5.74, 6) is 0. The normalized spacial score (nSPS) is 11.4. The zero-order chi connectivity index (χ0) is 17.9. The number of rotatable bonds is 1. The molecular weight excluding hydrogens is 296 g/mol. The van der Waals surface area contributed by atoms with Crippen molar-refractivity contribution < 1.29 is 0 Å². The van der Waals surface area contributed by atoms with Gasteiger partial charge in [-0.25, -0.2) is 0 Å². The molecule has 4 aromatic rings. The van der Waals surface area contributed by atoms with Gasteiger partial charge in [0.25, 0.3) is 0 Å². The summed E-state index contributed by atoms with van der Waals surface area (Å²) in [7, 11) is 13.5. The highest BCUT2D eigenvalue weighted by Gasteiger charge is 2.17. The minimum absolute atomic E-state index is 1.29. The van der Waals surface area contributed by atoms with Crippen molar-refractivity contribution in [1.82, 2.24) is 4.57 Å². The fourth-order valence-electron chi connectivity index (χ4n) is 4.32. The second kappa shape index (κ2) is 5.66. The first kappa shape index (κ1) is 16.3. The van der Waals surface area contributed by atoms with Crippen LogP contribution in [0.2, 0.25) is 0 Å². The Morgan fingerprint density at radius 2 is 1.20 bits per heavy atom. The van der Waals surface area contributed by atoms with E-state index in [1.165, 1.54) is 60.2 Å². The molecule has 0 N–H and O–H groups in total. The number of aryl methyl sites for hydroxylation is 1. The molecule has 0 saturated heterocycles. The summed E-state index contributed by atoms with van der Waals surface area (Å²) in [4.78, 5) is 0. The summed E-state index contributed by atoms with van der Waals surface area (Å²) in [6, 6.07) is 15.4. The van der Waals surface area contributed by atoms with Crippen molar-refractivity contribution in [2.45, 2.75) is 0 Å². The van der Waals surface area contributed by atoms with Gasteiger partial charge in [0.05, 0.1) is 0 Å². The van der Waals surface area contributed by atoms with Gasteiger partial charge in [0.15, 0.2) is 0 Å². The Morgan fingerprint density at radius 1 is 0.640 bits per heavy atom. The minimum atomic E-state index is 1.29. The van der Waals surface area contributed by atoms with Crippen molar-refractivity contribution in [1.29, 1.82) is 0 Å². The van der Waals surface area contributed by atoms with Crippen molar-refractivity contribution in [2.75, 3.05) is 0 Å². The van der Waals surface area contributed by atoms with Gasteiger partial charge >= 0.3 is 0 Å². The lowest BCUT2D eigenvalue weighted by Crippen LogP contribution is -2.55. The van der Waals surface area contributed by atoms with E-state index in [2.05, 4.69) is 93.3 Å². The van der Waals surface area contributed by atoms with Gasteiger partial charge in [-0.05, 0) is 23.3 Å². The first-order valence-corrected chi connectivity index (χ1v) is 8.97. The van der Waals surface area contributed by atoms with E-state index >= 15 is 0 Å². The number of para-hydroxylation sites is 1. The number of nitrogens with zero attached hydrogens (tertiary/aromatic N) is 1. The Kier molecular flexibility index (Phi) is 3.68. The van der Waals surface area contributed by atoms with Crippen LogP contribution in [-0.4, -0.2) is 43.8 Å². The van der Waals surface area contributed by atoms with E-state index in [4.69, 9.17) is 0 Å². The SMILES string of the molecule is Bc1c(B)c(B)c(-c2cccc3c2c2ccccc2n3C)c(B)c1B. The summed E-state index contributed by atoms with van der Waals surface area (Å²) in [6.45, 7) is 0. The van der Waals surface area contributed by atoms with Gasteiger partial charge in [-0.15, -0.1) is 16.4 Å². The Morgan fingerprint density at radius 3 is 1.88 bits per heavy atom. The maximum absolute atomic E-state index is 2.31. The largest absolute Gasteiger partial charge is 0.344 e. The van der Waals surface area contributed by atoms with Gasteiger partial charge in [0, 0.05) is 28.9 Å². The molecule has 0 radical (unpaired) electrons. The van der Waals surface area contributed by atoms with Crippen LogP contribution in [0.15, 0.2) is 42.5 Å². The van der Waals surface area contributed by atoms with Crippen LogP contribution in [0.5, 0.6) is 0 Å². The smallest absolute Gasteiger partial charge is 0.139 e. The van der Waals surface area contributed by atoms with Gasteiger partial charge in [-0.3, -0.25) is 0 Å². The summed E-state index contributed by atoms with van der Waals surface area (Å²) in [5.41, 5.74) is 12.4. The zero-order valence-electron chi connectivity index (χ0n) is 16.0. The lowest BCUT2D eigenvalue weighted by atomic mass is 9.59. The highest BCUT2D eigenvalue weighted by molar-refractivity contribution is 6.68. The summed E-state index contributed by atoms with van der Waals surface area (Å²) >= 11 is 0. The van der Waals surface area contributed by atoms with Gasteiger partial charge in [-0.1, -0.05) is 41.3 Å². The molecule has 1 aromatic heterocycles. The quantitative estimate of drug-likeness (QED) is 0.319. The third-order valence-corrected chi connectivity index (χ3v) is 6.21. The maximum atomic E-state index is 2.31.